The Balaban J connectivity index is 1.67. The Kier molecular flexibility index (Phi) is 4.62. The lowest BCUT2D eigenvalue weighted by atomic mass is 9.83. The molecule has 33 heavy (non-hydrogen) atoms. The van der Waals surface area contributed by atoms with Gasteiger partial charge in [0, 0.05) is 21.9 Å². The summed E-state index contributed by atoms with van der Waals surface area (Å²) in [6.07, 6.45) is 4.22. The van der Waals surface area contributed by atoms with E-state index in [9.17, 15) is 0 Å². The molecule has 3 heteroatoms. The normalized spacial score (nSPS) is 14.1. The van der Waals surface area contributed by atoms with Crippen LogP contribution in [0.15, 0.2) is 103 Å². The van der Waals surface area contributed by atoms with Crippen molar-refractivity contribution in [3.8, 4) is 11.6 Å². The van der Waals surface area contributed by atoms with Crippen molar-refractivity contribution in [1.29, 1.82) is 0 Å². The van der Waals surface area contributed by atoms with E-state index in [1.807, 2.05) is 31.2 Å². The molecule has 0 radical (unpaired) electrons. The topological polar surface area (TPSA) is 31.4 Å². The quantitative estimate of drug-likeness (QED) is 0.285. The number of hydrogen-bond donors (Lipinski definition) is 0. The van der Waals surface area contributed by atoms with Gasteiger partial charge in [-0.3, -0.25) is 0 Å². The highest BCUT2D eigenvalue weighted by Gasteiger charge is 2.38. The Labute approximate surface area is 192 Å². The van der Waals surface area contributed by atoms with Crippen molar-refractivity contribution in [3.63, 3.8) is 0 Å². The number of pyridine rings is 1. The minimum atomic E-state index is -0.751. The third-order valence-corrected chi connectivity index (χ3v) is 6.27. The molecule has 160 valence electrons. The molecule has 0 bridgehead atoms. The molecule has 0 saturated heterocycles. The Bertz CT molecular complexity index is 1450. The Hall–Kier alpha value is -4.11. The van der Waals surface area contributed by atoms with Crippen LogP contribution in [-0.4, -0.2) is 11.6 Å². The zero-order valence-electron chi connectivity index (χ0n) is 18.4. The van der Waals surface area contributed by atoms with Crippen molar-refractivity contribution >= 4 is 27.8 Å². The lowest BCUT2D eigenvalue weighted by Crippen LogP contribution is -2.34. The molecule has 0 amide bonds. The zero-order valence-corrected chi connectivity index (χ0v) is 18.4. The third kappa shape index (κ3) is 3.08. The van der Waals surface area contributed by atoms with Crippen LogP contribution in [0.4, 0.5) is 0 Å². The first-order valence-electron chi connectivity index (χ1n) is 11.3. The van der Waals surface area contributed by atoms with E-state index in [1.165, 1.54) is 0 Å². The van der Waals surface area contributed by atoms with Crippen molar-refractivity contribution in [2.45, 2.75) is 12.5 Å². The second-order valence-corrected chi connectivity index (χ2v) is 8.18. The van der Waals surface area contributed by atoms with E-state index in [4.69, 9.17) is 14.5 Å². The summed E-state index contributed by atoms with van der Waals surface area (Å²) in [5.74, 6) is 1.40. The van der Waals surface area contributed by atoms with Crippen molar-refractivity contribution < 1.29 is 9.47 Å². The van der Waals surface area contributed by atoms with Crippen LogP contribution < -0.4 is 9.47 Å². The smallest absolute Gasteiger partial charge is 0.225 e. The molecule has 0 spiro atoms. The molecule has 4 aromatic carbocycles. The van der Waals surface area contributed by atoms with Gasteiger partial charge in [-0.25, -0.2) is 4.98 Å². The molecule has 1 aromatic heterocycles. The summed E-state index contributed by atoms with van der Waals surface area (Å²) in [4.78, 5) is 4.95. The lowest BCUT2D eigenvalue weighted by Gasteiger charge is -2.36. The van der Waals surface area contributed by atoms with Gasteiger partial charge in [-0.2, -0.15) is 0 Å². The molecule has 6 rings (SSSR count). The second-order valence-electron chi connectivity index (χ2n) is 8.18. The van der Waals surface area contributed by atoms with E-state index in [0.717, 1.165) is 44.1 Å². The van der Waals surface area contributed by atoms with Crippen molar-refractivity contribution in [1.82, 2.24) is 4.98 Å². The van der Waals surface area contributed by atoms with Gasteiger partial charge in [-0.05, 0) is 30.5 Å². The van der Waals surface area contributed by atoms with Crippen LogP contribution in [0.1, 0.15) is 23.6 Å². The standard InChI is InChI=1S/C30H23NO2/c1-2-32-29-26-19-20-30(22-12-5-3-6-13-22,23-14-7-4-8-15-23)33-28(26)25-18-17-21-11-9-10-16-24(21)27(25)31-29/h3-20H,2H2,1H3. The average Bonchev–Trinajstić information content (AvgIpc) is 2.89. The fourth-order valence-electron chi connectivity index (χ4n) is 4.71. The monoisotopic (exact) mass is 429 g/mol. The largest absolute Gasteiger partial charge is 0.477 e. The summed E-state index contributed by atoms with van der Waals surface area (Å²) in [6.45, 7) is 2.51. The van der Waals surface area contributed by atoms with E-state index in [0.29, 0.717) is 12.5 Å². The van der Waals surface area contributed by atoms with Gasteiger partial charge in [0.2, 0.25) is 5.88 Å². The fourth-order valence-corrected chi connectivity index (χ4v) is 4.71. The summed E-state index contributed by atoms with van der Waals surface area (Å²) < 4.78 is 13.0. The van der Waals surface area contributed by atoms with Gasteiger partial charge in [0.25, 0.3) is 0 Å². The zero-order chi connectivity index (χ0) is 22.3. The highest BCUT2D eigenvalue weighted by Crippen LogP contribution is 2.47. The van der Waals surface area contributed by atoms with Gasteiger partial charge in [0.05, 0.1) is 17.7 Å². The minimum Gasteiger partial charge on any atom is -0.477 e. The number of ether oxygens (including phenoxy) is 2. The molecule has 0 aliphatic carbocycles. The molecule has 0 fully saturated rings. The van der Waals surface area contributed by atoms with Gasteiger partial charge in [0.1, 0.15) is 5.75 Å². The number of hydrogen-bond acceptors (Lipinski definition) is 3. The first kappa shape index (κ1) is 19.6. The summed E-state index contributed by atoms with van der Waals surface area (Å²) in [5, 5.41) is 3.21. The third-order valence-electron chi connectivity index (χ3n) is 6.27. The number of fused-ring (bicyclic) bond motifs is 5. The first-order chi connectivity index (χ1) is 16.3. The SMILES string of the molecule is CCOc1nc2c(ccc3ccccc32)c2c1C=CC(c1ccccc1)(c1ccccc1)O2. The molecule has 2 heterocycles. The van der Waals surface area contributed by atoms with Gasteiger partial charge >= 0.3 is 0 Å². The van der Waals surface area contributed by atoms with E-state index in [-0.39, 0.29) is 0 Å². The molecule has 3 nitrogen and oxygen atoms in total. The Morgan fingerprint density at radius 3 is 2.12 bits per heavy atom. The highest BCUT2D eigenvalue weighted by molar-refractivity contribution is 6.08. The van der Waals surface area contributed by atoms with Crippen molar-refractivity contribution in [2.75, 3.05) is 6.61 Å². The van der Waals surface area contributed by atoms with Crippen molar-refractivity contribution in [2.24, 2.45) is 0 Å². The molecule has 1 aliphatic rings. The summed E-state index contributed by atoms with van der Waals surface area (Å²) >= 11 is 0. The molecule has 5 aromatic rings. The van der Waals surface area contributed by atoms with Gasteiger partial charge in [0.15, 0.2) is 5.60 Å². The molecular formula is C30H23NO2. The number of benzene rings is 4. The van der Waals surface area contributed by atoms with Crippen LogP contribution in [-0.2, 0) is 5.60 Å². The Morgan fingerprint density at radius 2 is 1.42 bits per heavy atom. The fraction of sp³-hybridized carbons (Fsp3) is 0.100. The van der Waals surface area contributed by atoms with Gasteiger partial charge < -0.3 is 9.47 Å². The van der Waals surface area contributed by atoms with E-state index in [1.54, 1.807) is 0 Å². The van der Waals surface area contributed by atoms with Crippen LogP contribution in [0.5, 0.6) is 11.6 Å². The van der Waals surface area contributed by atoms with E-state index >= 15 is 0 Å². The van der Waals surface area contributed by atoms with Crippen LogP contribution >= 0.6 is 0 Å². The molecular weight excluding hydrogens is 406 g/mol. The predicted octanol–water partition coefficient (Wildman–Crippen LogP) is 7.14. The van der Waals surface area contributed by atoms with Crippen LogP contribution in [0.25, 0.3) is 27.8 Å². The van der Waals surface area contributed by atoms with Crippen LogP contribution in [0.2, 0.25) is 0 Å². The van der Waals surface area contributed by atoms with Gasteiger partial charge in [-0.1, -0.05) is 91.0 Å². The van der Waals surface area contributed by atoms with E-state index in [2.05, 4.69) is 84.9 Å². The second kappa shape index (κ2) is 7.79. The lowest BCUT2D eigenvalue weighted by molar-refractivity contribution is 0.162. The van der Waals surface area contributed by atoms with Crippen molar-refractivity contribution in [3.05, 3.63) is 120 Å². The maximum Gasteiger partial charge on any atom is 0.225 e. The molecule has 0 atom stereocenters. The molecule has 0 saturated carbocycles. The number of aromatic nitrogens is 1. The van der Waals surface area contributed by atoms with Crippen LogP contribution in [0, 0.1) is 0 Å². The summed E-state index contributed by atoms with van der Waals surface area (Å²) in [5.41, 5.74) is 3.16. The molecule has 1 aliphatic heterocycles. The molecule has 0 N–H and O–H groups in total. The number of nitrogens with zero attached hydrogens (tertiary/aromatic N) is 1. The van der Waals surface area contributed by atoms with E-state index < -0.39 is 5.60 Å². The number of rotatable bonds is 4. The predicted molar refractivity (Wildman–Crippen MR) is 134 cm³/mol. The first-order valence-corrected chi connectivity index (χ1v) is 11.3. The molecule has 0 unspecified atom stereocenters. The minimum absolute atomic E-state index is 0.534. The maximum atomic E-state index is 7.03. The van der Waals surface area contributed by atoms with Gasteiger partial charge in [-0.15, -0.1) is 0 Å². The Morgan fingerprint density at radius 1 is 0.758 bits per heavy atom. The average molecular weight is 430 g/mol. The maximum absolute atomic E-state index is 7.03. The summed E-state index contributed by atoms with van der Waals surface area (Å²) in [6, 6.07) is 33.3. The van der Waals surface area contributed by atoms with Crippen LogP contribution in [0.3, 0.4) is 0 Å². The summed E-state index contributed by atoms with van der Waals surface area (Å²) in [7, 11) is 0. The highest BCUT2D eigenvalue weighted by atomic mass is 16.5.